The smallest absolute Gasteiger partial charge is 0.296 e. The number of aromatic nitrogens is 2. The largest absolute Gasteiger partial charge is 0.468 e. The molecule has 0 aliphatic carbocycles. The third-order valence-electron chi connectivity index (χ3n) is 1.47. The molecule has 4 nitrogen and oxygen atoms in total. The zero-order chi connectivity index (χ0) is 8.97. The van der Waals surface area contributed by atoms with E-state index in [1.165, 1.54) is 13.2 Å². The van der Waals surface area contributed by atoms with E-state index in [2.05, 4.69) is 9.97 Å². The Kier molecular flexibility index (Phi) is 2.85. The molecule has 0 saturated heterocycles. The van der Waals surface area contributed by atoms with E-state index in [0.717, 1.165) is 18.5 Å². The van der Waals surface area contributed by atoms with E-state index < -0.39 is 0 Å². The fraction of sp³-hybridized carbons (Fsp3) is 0.500. The van der Waals surface area contributed by atoms with Gasteiger partial charge >= 0.3 is 0 Å². The Morgan fingerprint density at radius 2 is 2.42 bits per heavy atom. The molecule has 0 saturated carbocycles. The van der Waals surface area contributed by atoms with E-state index in [9.17, 15) is 4.79 Å². The van der Waals surface area contributed by atoms with E-state index in [4.69, 9.17) is 4.74 Å². The molecule has 0 aromatic carbocycles. The number of nitrogens with one attached hydrogen (secondary N) is 1. The second kappa shape index (κ2) is 3.90. The maximum atomic E-state index is 11.0. The van der Waals surface area contributed by atoms with Crippen LogP contribution < -0.4 is 10.3 Å². The number of aryl methyl sites for hydroxylation is 1. The van der Waals surface area contributed by atoms with Crippen molar-refractivity contribution >= 4 is 0 Å². The molecule has 4 heteroatoms. The van der Waals surface area contributed by atoms with Crippen LogP contribution in [0.1, 0.15) is 19.0 Å². The van der Waals surface area contributed by atoms with Crippen molar-refractivity contribution in [2.75, 3.05) is 7.11 Å². The molecular weight excluding hydrogens is 156 g/mol. The highest BCUT2D eigenvalue weighted by Crippen LogP contribution is 2.00. The van der Waals surface area contributed by atoms with Gasteiger partial charge in [-0.1, -0.05) is 13.3 Å². The highest BCUT2D eigenvalue weighted by molar-refractivity contribution is 5.05. The van der Waals surface area contributed by atoms with Gasteiger partial charge in [0, 0.05) is 6.07 Å². The zero-order valence-corrected chi connectivity index (χ0v) is 7.26. The van der Waals surface area contributed by atoms with E-state index in [1.54, 1.807) is 0 Å². The van der Waals surface area contributed by atoms with E-state index in [1.807, 2.05) is 6.92 Å². The van der Waals surface area contributed by atoms with E-state index in [-0.39, 0.29) is 11.6 Å². The zero-order valence-electron chi connectivity index (χ0n) is 7.26. The lowest BCUT2D eigenvalue weighted by Crippen LogP contribution is -2.10. The molecule has 1 rings (SSSR count). The van der Waals surface area contributed by atoms with Crippen LogP contribution in [0.15, 0.2) is 10.9 Å². The average molecular weight is 168 g/mol. The lowest BCUT2D eigenvalue weighted by atomic mass is 10.2. The Morgan fingerprint density at radius 1 is 1.67 bits per heavy atom. The minimum absolute atomic E-state index is 0.162. The molecule has 0 amide bonds. The highest BCUT2D eigenvalue weighted by atomic mass is 16.5. The summed E-state index contributed by atoms with van der Waals surface area (Å²) in [7, 11) is 1.48. The Hall–Kier alpha value is -1.32. The normalized spacial score (nSPS) is 9.83. The third kappa shape index (κ3) is 2.08. The first kappa shape index (κ1) is 8.77. The second-order valence-electron chi connectivity index (χ2n) is 2.50. The van der Waals surface area contributed by atoms with Gasteiger partial charge in [0.25, 0.3) is 11.6 Å². The molecule has 12 heavy (non-hydrogen) atoms. The molecule has 0 bridgehead atoms. The minimum atomic E-state index is -0.162. The summed E-state index contributed by atoms with van der Waals surface area (Å²) in [6, 6.07) is 1.78. The van der Waals surface area contributed by atoms with Crippen LogP contribution >= 0.6 is 0 Å². The van der Waals surface area contributed by atoms with Crippen molar-refractivity contribution in [3.63, 3.8) is 0 Å². The van der Waals surface area contributed by atoms with Crippen molar-refractivity contribution in [3.05, 3.63) is 22.1 Å². The molecule has 0 radical (unpaired) electrons. The SMILES string of the molecule is CCCc1cc(=O)[nH]c(OC)n1. The molecule has 0 atom stereocenters. The highest BCUT2D eigenvalue weighted by Gasteiger charge is 1.98. The molecular formula is C8H12N2O2. The maximum absolute atomic E-state index is 11.0. The van der Waals surface area contributed by atoms with Crippen molar-refractivity contribution < 1.29 is 4.74 Å². The summed E-state index contributed by atoms with van der Waals surface area (Å²) in [4.78, 5) is 17.5. The number of hydrogen-bond donors (Lipinski definition) is 1. The fourth-order valence-corrected chi connectivity index (χ4v) is 0.964. The predicted octanol–water partition coefficient (Wildman–Crippen LogP) is 0.731. The van der Waals surface area contributed by atoms with Gasteiger partial charge in [0.15, 0.2) is 0 Å². The van der Waals surface area contributed by atoms with Crippen molar-refractivity contribution in [3.8, 4) is 6.01 Å². The van der Waals surface area contributed by atoms with Crippen LogP contribution in [-0.4, -0.2) is 17.1 Å². The van der Waals surface area contributed by atoms with Crippen molar-refractivity contribution in [2.24, 2.45) is 0 Å². The molecule has 0 unspecified atom stereocenters. The van der Waals surface area contributed by atoms with Crippen LogP contribution in [0, 0.1) is 0 Å². The van der Waals surface area contributed by atoms with E-state index >= 15 is 0 Å². The monoisotopic (exact) mass is 168 g/mol. The first-order chi connectivity index (χ1) is 5.76. The minimum Gasteiger partial charge on any atom is -0.468 e. The number of hydrogen-bond acceptors (Lipinski definition) is 3. The topological polar surface area (TPSA) is 55.0 Å². The summed E-state index contributed by atoms with van der Waals surface area (Å²) in [6.45, 7) is 2.04. The molecule has 0 aliphatic rings. The fourth-order valence-electron chi connectivity index (χ4n) is 0.964. The third-order valence-corrected chi connectivity index (χ3v) is 1.47. The molecule has 1 heterocycles. The van der Waals surface area contributed by atoms with Gasteiger partial charge in [0.05, 0.1) is 12.8 Å². The first-order valence-corrected chi connectivity index (χ1v) is 3.90. The average Bonchev–Trinajstić information content (AvgIpc) is 2.04. The van der Waals surface area contributed by atoms with Gasteiger partial charge in [-0.25, -0.2) is 4.98 Å². The van der Waals surface area contributed by atoms with Gasteiger partial charge < -0.3 is 4.74 Å². The second-order valence-corrected chi connectivity index (χ2v) is 2.50. The molecule has 1 N–H and O–H groups in total. The summed E-state index contributed by atoms with van der Waals surface area (Å²) >= 11 is 0. The number of H-pyrrole nitrogens is 1. The molecule has 0 aliphatic heterocycles. The van der Waals surface area contributed by atoms with Crippen LogP contribution in [0.2, 0.25) is 0 Å². The van der Waals surface area contributed by atoms with Crippen LogP contribution in [0.3, 0.4) is 0 Å². The van der Waals surface area contributed by atoms with Crippen molar-refractivity contribution in [2.45, 2.75) is 19.8 Å². The standard InChI is InChI=1S/C8H12N2O2/c1-3-4-6-5-7(11)10-8(9-6)12-2/h5H,3-4H2,1-2H3,(H,9,10,11). The maximum Gasteiger partial charge on any atom is 0.296 e. The summed E-state index contributed by atoms with van der Waals surface area (Å²) < 4.78 is 4.82. The summed E-state index contributed by atoms with van der Waals surface area (Å²) in [5.41, 5.74) is 0.614. The predicted molar refractivity (Wildman–Crippen MR) is 45.4 cm³/mol. The van der Waals surface area contributed by atoms with Crippen molar-refractivity contribution in [1.29, 1.82) is 0 Å². The van der Waals surface area contributed by atoms with Gasteiger partial charge in [-0.3, -0.25) is 9.78 Å². The first-order valence-electron chi connectivity index (χ1n) is 3.90. The van der Waals surface area contributed by atoms with Gasteiger partial charge in [-0.2, -0.15) is 0 Å². The lowest BCUT2D eigenvalue weighted by molar-refractivity contribution is 0.376. The summed E-state index contributed by atoms with van der Waals surface area (Å²) in [5, 5.41) is 0. The van der Waals surface area contributed by atoms with Crippen LogP contribution in [-0.2, 0) is 6.42 Å². The Morgan fingerprint density at radius 3 is 3.00 bits per heavy atom. The quantitative estimate of drug-likeness (QED) is 0.723. The van der Waals surface area contributed by atoms with Gasteiger partial charge in [0.2, 0.25) is 0 Å². The van der Waals surface area contributed by atoms with Crippen LogP contribution in [0.25, 0.3) is 0 Å². The number of ether oxygens (including phenoxy) is 1. The lowest BCUT2D eigenvalue weighted by Gasteiger charge is -2.00. The summed E-state index contributed by atoms with van der Waals surface area (Å²) in [5.74, 6) is 0. The number of methoxy groups -OCH3 is 1. The van der Waals surface area contributed by atoms with Crippen LogP contribution in [0.5, 0.6) is 6.01 Å². The van der Waals surface area contributed by atoms with E-state index in [0.29, 0.717) is 0 Å². The molecule has 0 spiro atoms. The Balaban J connectivity index is 2.98. The molecule has 66 valence electrons. The van der Waals surface area contributed by atoms with Gasteiger partial charge in [0.1, 0.15) is 0 Å². The summed E-state index contributed by atoms with van der Waals surface area (Å²) in [6.07, 6.45) is 1.78. The van der Waals surface area contributed by atoms with Crippen LogP contribution in [0.4, 0.5) is 0 Å². The number of aromatic amines is 1. The Bertz CT molecular complexity index is 306. The van der Waals surface area contributed by atoms with Crippen molar-refractivity contribution in [1.82, 2.24) is 9.97 Å². The molecule has 1 aromatic rings. The number of nitrogens with zero attached hydrogens (tertiary/aromatic N) is 1. The van der Waals surface area contributed by atoms with Gasteiger partial charge in [-0.05, 0) is 6.42 Å². The number of rotatable bonds is 3. The molecule has 0 fully saturated rings. The Labute approximate surface area is 70.6 Å². The van der Waals surface area contributed by atoms with Gasteiger partial charge in [-0.15, -0.1) is 0 Å². The molecule has 1 aromatic heterocycles.